The van der Waals surface area contributed by atoms with E-state index in [0.29, 0.717) is 33.7 Å². The number of nitrogens with zero attached hydrogens (tertiary/aromatic N) is 1. The number of hydrogen-bond acceptors (Lipinski definition) is 4. The summed E-state index contributed by atoms with van der Waals surface area (Å²) >= 11 is 0. The van der Waals surface area contributed by atoms with Gasteiger partial charge in [0, 0.05) is 16.8 Å². The number of ether oxygens (including phenoxy) is 1. The molecule has 9 heteroatoms. The predicted octanol–water partition coefficient (Wildman–Crippen LogP) is 5.01. The lowest BCUT2D eigenvalue weighted by atomic mass is 10.1. The van der Waals surface area contributed by atoms with Crippen molar-refractivity contribution < 1.29 is 23.1 Å². The third kappa shape index (κ3) is 4.41. The van der Waals surface area contributed by atoms with Crippen LogP contribution in [0.15, 0.2) is 66.7 Å². The van der Waals surface area contributed by atoms with Gasteiger partial charge in [0.2, 0.25) is 0 Å². The van der Waals surface area contributed by atoms with Gasteiger partial charge in [0.25, 0.3) is 18.2 Å². The molecule has 0 aliphatic heterocycles. The largest absolute Gasteiger partial charge is 0.495 e. The number of aromatic nitrogens is 2. The molecule has 0 atom stereocenters. The average molecular weight is 436 g/mol. The van der Waals surface area contributed by atoms with Crippen LogP contribution in [0.3, 0.4) is 0 Å². The van der Waals surface area contributed by atoms with E-state index >= 15 is 0 Å². The maximum absolute atomic E-state index is 12.8. The smallest absolute Gasteiger partial charge is 0.295 e. The van der Waals surface area contributed by atoms with Crippen molar-refractivity contribution in [3.8, 4) is 5.75 Å². The van der Waals surface area contributed by atoms with Crippen LogP contribution in [0.5, 0.6) is 5.75 Å². The van der Waals surface area contributed by atoms with Gasteiger partial charge < -0.3 is 20.4 Å². The zero-order valence-electron chi connectivity index (χ0n) is 16.9. The lowest BCUT2D eigenvalue weighted by Crippen LogP contribution is -2.14. The van der Waals surface area contributed by atoms with Gasteiger partial charge in [0.1, 0.15) is 5.75 Å². The van der Waals surface area contributed by atoms with Crippen molar-refractivity contribution in [2.45, 2.75) is 6.43 Å². The van der Waals surface area contributed by atoms with Crippen molar-refractivity contribution >= 4 is 34.2 Å². The summed E-state index contributed by atoms with van der Waals surface area (Å²) in [7, 11) is 1.52. The molecule has 1 heterocycles. The number of benzene rings is 3. The quantitative estimate of drug-likeness (QED) is 0.396. The minimum absolute atomic E-state index is 0.278. The van der Waals surface area contributed by atoms with E-state index in [2.05, 4.69) is 20.6 Å². The number of rotatable bonds is 6. The average Bonchev–Trinajstić information content (AvgIpc) is 3.24. The van der Waals surface area contributed by atoms with Crippen molar-refractivity contribution in [3.63, 3.8) is 0 Å². The second kappa shape index (κ2) is 8.84. The van der Waals surface area contributed by atoms with Gasteiger partial charge in [0.15, 0.2) is 5.82 Å². The van der Waals surface area contributed by atoms with Crippen LogP contribution >= 0.6 is 0 Å². The second-order valence-corrected chi connectivity index (χ2v) is 6.84. The Bertz CT molecular complexity index is 1290. The number of aromatic amines is 1. The number of H-pyrrole nitrogens is 1. The van der Waals surface area contributed by atoms with Crippen LogP contribution in [0.1, 0.15) is 33.0 Å². The van der Waals surface area contributed by atoms with Gasteiger partial charge in [-0.25, -0.2) is 13.8 Å². The molecule has 0 spiro atoms. The molecule has 1 aromatic heterocycles. The number of carbonyl (C=O) groups is 2. The van der Waals surface area contributed by atoms with Gasteiger partial charge in [-0.15, -0.1) is 0 Å². The highest BCUT2D eigenvalue weighted by Gasteiger charge is 2.15. The molecule has 0 saturated carbocycles. The Hall–Kier alpha value is -4.27. The number of hydrogen-bond donors (Lipinski definition) is 3. The minimum Gasteiger partial charge on any atom is -0.495 e. The summed E-state index contributed by atoms with van der Waals surface area (Å²) in [5, 5.41) is 5.49. The third-order valence-electron chi connectivity index (χ3n) is 4.73. The number of methoxy groups -OCH3 is 1. The number of alkyl halides is 2. The van der Waals surface area contributed by atoms with Crippen molar-refractivity contribution in [2.75, 3.05) is 17.7 Å². The second-order valence-electron chi connectivity index (χ2n) is 6.84. The summed E-state index contributed by atoms with van der Waals surface area (Å²) < 4.78 is 30.8. The first-order valence-corrected chi connectivity index (χ1v) is 9.58. The summed E-state index contributed by atoms with van der Waals surface area (Å²) in [6.45, 7) is 0. The number of nitrogens with one attached hydrogen (secondary N) is 3. The zero-order valence-corrected chi connectivity index (χ0v) is 16.9. The van der Waals surface area contributed by atoms with Crippen LogP contribution in [-0.4, -0.2) is 28.9 Å². The van der Waals surface area contributed by atoms with E-state index in [-0.39, 0.29) is 11.5 Å². The van der Waals surface area contributed by atoms with Gasteiger partial charge in [-0.3, -0.25) is 9.59 Å². The van der Waals surface area contributed by atoms with Crippen LogP contribution < -0.4 is 15.4 Å². The molecule has 3 aromatic carbocycles. The summed E-state index contributed by atoms with van der Waals surface area (Å²) in [4.78, 5) is 31.3. The fraction of sp³-hybridized carbons (Fsp3) is 0.0870. The predicted molar refractivity (Wildman–Crippen MR) is 116 cm³/mol. The SMILES string of the molecule is COc1ccccc1NC(=O)c1ccc(NC(=O)c2ccc3nc(C(F)F)[nH]c3c2)cc1. The highest BCUT2D eigenvalue weighted by Crippen LogP contribution is 2.24. The van der Waals surface area contributed by atoms with Gasteiger partial charge >= 0.3 is 0 Å². The first kappa shape index (κ1) is 21.0. The molecule has 0 aliphatic carbocycles. The third-order valence-corrected chi connectivity index (χ3v) is 4.73. The Kier molecular flexibility index (Phi) is 5.80. The molecule has 0 unspecified atom stereocenters. The highest BCUT2D eigenvalue weighted by molar-refractivity contribution is 6.07. The minimum atomic E-state index is -2.72. The van der Waals surface area contributed by atoms with Gasteiger partial charge in [-0.2, -0.15) is 0 Å². The lowest BCUT2D eigenvalue weighted by molar-refractivity contribution is 0.102. The van der Waals surface area contributed by atoms with Gasteiger partial charge in [0.05, 0.1) is 23.8 Å². The maximum Gasteiger partial charge on any atom is 0.295 e. The van der Waals surface area contributed by atoms with E-state index in [1.165, 1.54) is 25.3 Å². The summed E-state index contributed by atoms with van der Waals surface area (Å²) in [5.41, 5.74) is 2.38. The fourth-order valence-electron chi connectivity index (χ4n) is 3.12. The Morgan fingerprint density at radius 2 is 1.62 bits per heavy atom. The summed E-state index contributed by atoms with van der Waals surface area (Å²) in [6, 6.07) is 17.9. The fourth-order valence-corrected chi connectivity index (χ4v) is 3.12. The zero-order chi connectivity index (χ0) is 22.7. The topological polar surface area (TPSA) is 96.1 Å². The molecular formula is C23H18F2N4O3. The number of imidazole rings is 1. The number of para-hydroxylation sites is 2. The van der Waals surface area contributed by atoms with Crippen molar-refractivity contribution in [2.24, 2.45) is 0 Å². The molecule has 0 saturated heterocycles. The first-order chi connectivity index (χ1) is 15.4. The highest BCUT2D eigenvalue weighted by atomic mass is 19.3. The van der Waals surface area contributed by atoms with Gasteiger partial charge in [-0.05, 0) is 54.6 Å². The summed E-state index contributed by atoms with van der Waals surface area (Å²) in [6.07, 6.45) is -2.72. The first-order valence-electron chi connectivity index (χ1n) is 9.58. The molecule has 0 aliphatic rings. The Balaban J connectivity index is 1.44. The van der Waals surface area contributed by atoms with E-state index < -0.39 is 18.2 Å². The molecule has 7 nitrogen and oxygen atoms in total. The van der Waals surface area contributed by atoms with E-state index in [4.69, 9.17) is 4.74 Å². The summed E-state index contributed by atoms with van der Waals surface area (Å²) in [5.74, 6) is -0.655. The molecule has 162 valence electrons. The normalized spacial score (nSPS) is 10.9. The van der Waals surface area contributed by atoms with Gasteiger partial charge in [-0.1, -0.05) is 12.1 Å². The maximum atomic E-state index is 12.8. The number of halogens is 2. The van der Waals surface area contributed by atoms with E-state index in [9.17, 15) is 18.4 Å². The van der Waals surface area contributed by atoms with Crippen LogP contribution in [-0.2, 0) is 0 Å². The van der Waals surface area contributed by atoms with Crippen molar-refractivity contribution in [3.05, 3.63) is 83.7 Å². The Labute approximate surface area is 181 Å². The van der Waals surface area contributed by atoms with Crippen molar-refractivity contribution in [1.29, 1.82) is 0 Å². The van der Waals surface area contributed by atoms with Crippen LogP contribution in [0.25, 0.3) is 11.0 Å². The van der Waals surface area contributed by atoms with E-state index in [0.717, 1.165) is 0 Å². The molecular weight excluding hydrogens is 418 g/mol. The number of anilines is 2. The molecule has 32 heavy (non-hydrogen) atoms. The molecule has 4 aromatic rings. The number of fused-ring (bicyclic) bond motifs is 1. The lowest BCUT2D eigenvalue weighted by Gasteiger charge is -2.10. The van der Waals surface area contributed by atoms with Crippen LogP contribution in [0, 0.1) is 0 Å². The molecule has 3 N–H and O–H groups in total. The Morgan fingerprint density at radius 1 is 0.938 bits per heavy atom. The standard InChI is InChI=1S/C23H18F2N4O3/c1-32-19-5-3-2-4-17(19)29-22(30)13-6-9-15(10-7-13)26-23(31)14-8-11-16-18(12-14)28-21(27-16)20(24)25/h2-12,20H,1H3,(H,26,31)(H,27,28)(H,29,30). The van der Waals surface area contributed by atoms with Crippen LogP contribution in [0.2, 0.25) is 0 Å². The molecule has 0 bridgehead atoms. The van der Waals surface area contributed by atoms with E-state index in [1.54, 1.807) is 48.5 Å². The molecule has 0 fully saturated rings. The monoisotopic (exact) mass is 436 g/mol. The van der Waals surface area contributed by atoms with Crippen molar-refractivity contribution in [1.82, 2.24) is 9.97 Å². The van der Waals surface area contributed by atoms with E-state index in [1.807, 2.05) is 0 Å². The molecule has 4 rings (SSSR count). The molecule has 2 amide bonds. The number of amides is 2. The number of carbonyl (C=O) groups excluding carboxylic acids is 2. The molecule has 0 radical (unpaired) electrons. The van der Waals surface area contributed by atoms with Crippen LogP contribution in [0.4, 0.5) is 20.2 Å². The Morgan fingerprint density at radius 3 is 2.34 bits per heavy atom.